The normalized spacial score (nSPS) is 23.5. The van der Waals surface area contributed by atoms with Crippen LogP contribution in [0.25, 0.3) is 0 Å². The molecule has 6 rings (SSSR count). The molecule has 2 N–H and O–H groups in total. The van der Waals surface area contributed by atoms with Gasteiger partial charge in [-0.05, 0) is 72.7 Å². The summed E-state index contributed by atoms with van der Waals surface area (Å²) in [6.45, 7) is 4.87. The highest BCUT2D eigenvalue weighted by molar-refractivity contribution is 6.33. The van der Waals surface area contributed by atoms with Crippen LogP contribution in [0.2, 0.25) is 5.02 Å². The standard InChI is InChI=1S/C27H30ClN5O/c1-27(16-34)15-33(23-9-4-3-8-21(23)27)25-22(28)12-29-26(31-25)30-20-10-17-6-5-7-18-13-32(2)14-19(11-20)24(17)18/h3-4,8-12,18,34H,5-7,13-16H2,1-2H3,(H,29,30,31). The first-order valence-electron chi connectivity index (χ1n) is 12.1. The lowest BCUT2D eigenvalue weighted by atomic mass is 9.77. The summed E-state index contributed by atoms with van der Waals surface area (Å²) in [6.07, 6.45) is 5.32. The van der Waals surface area contributed by atoms with E-state index in [4.69, 9.17) is 16.6 Å². The second-order valence-corrected chi connectivity index (χ2v) is 10.7. The summed E-state index contributed by atoms with van der Waals surface area (Å²) < 4.78 is 0. The number of aromatic nitrogens is 2. The maximum absolute atomic E-state index is 10.1. The summed E-state index contributed by atoms with van der Waals surface area (Å²) in [5.74, 6) is 1.84. The van der Waals surface area contributed by atoms with Gasteiger partial charge in [0.25, 0.3) is 0 Å². The van der Waals surface area contributed by atoms with E-state index in [-0.39, 0.29) is 12.0 Å². The van der Waals surface area contributed by atoms with Crippen molar-refractivity contribution in [3.8, 4) is 0 Å². The van der Waals surface area contributed by atoms with E-state index < -0.39 is 0 Å². The van der Waals surface area contributed by atoms with Gasteiger partial charge in [-0.1, -0.05) is 36.7 Å². The van der Waals surface area contributed by atoms with E-state index in [1.54, 1.807) is 11.8 Å². The number of fused-ring (bicyclic) bond motifs is 1. The van der Waals surface area contributed by atoms with Crippen LogP contribution in [0.1, 0.15) is 47.9 Å². The summed E-state index contributed by atoms with van der Waals surface area (Å²) in [6, 6.07) is 12.7. The van der Waals surface area contributed by atoms with Crippen LogP contribution in [0.15, 0.2) is 42.6 Å². The van der Waals surface area contributed by atoms with Gasteiger partial charge in [0.1, 0.15) is 5.02 Å². The lowest BCUT2D eigenvalue weighted by Gasteiger charge is -2.37. The quantitative estimate of drug-likeness (QED) is 0.544. The Hall–Kier alpha value is -2.67. The third kappa shape index (κ3) is 3.56. The second kappa shape index (κ2) is 8.22. The van der Waals surface area contributed by atoms with E-state index in [2.05, 4.69) is 58.3 Å². The number of aryl methyl sites for hydroxylation is 1. The molecule has 2 atom stereocenters. The molecule has 0 amide bonds. The molecule has 0 radical (unpaired) electrons. The van der Waals surface area contributed by atoms with Crippen LogP contribution in [-0.4, -0.2) is 46.7 Å². The highest BCUT2D eigenvalue weighted by atomic mass is 35.5. The molecule has 2 aliphatic heterocycles. The average molecular weight is 476 g/mol. The minimum Gasteiger partial charge on any atom is -0.395 e. The fraction of sp³-hybridized carbons (Fsp3) is 0.407. The predicted molar refractivity (Wildman–Crippen MR) is 137 cm³/mol. The molecule has 3 aromatic rings. The smallest absolute Gasteiger partial charge is 0.229 e. The summed E-state index contributed by atoms with van der Waals surface area (Å²) >= 11 is 6.60. The molecule has 2 unspecified atom stereocenters. The van der Waals surface area contributed by atoms with Crippen molar-refractivity contribution in [2.45, 2.75) is 44.1 Å². The third-order valence-corrected chi connectivity index (χ3v) is 7.94. The number of nitrogens with zero attached hydrogens (tertiary/aromatic N) is 4. The van der Waals surface area contributed by atoms with Gasteiger partial charge in [-0.15, -0.1) is 0 Å². The van der Waals surface area contributed by atoms with Gasteiger partial charge in [-0.2, -0.15) is 4.98 Å². The number of anilines is 4. The minimum absolute atomic E-state index is 0.0572. The zero-order valence-corrected chi connectivity index (χ0v) is 20.4. The Morgan fingerprint density at radius 3 is 2.91 bits per heavy atom. The number of aliphatic hydroxyl groups is 1. The molecule has 0 fully saturated rings. The fourth-order valence-corrected chi connectivity index (χ4v) is 6.30. The zero-order valence-electron chi connectivity index (χ0n) is 19.7. The van der Waals surface area contributed by atoms with Crippen molar-refractivity contribution in [3.05, 3.63) is 69.9 Å². The van der Waals surface area contributed by atoms with Crippen molar-refractivity contribution in [1.82, 2.24) is 14.9 Å². The van der Waals surface area contributed by atoms with Gasteiger partial charge in [0.2, 0.25) is 5.95 Å². The Kier molecular flexibility index (Phi) is 5.28. The van der Waals surface area contributed by atoms with Crippen LogP contribution in [0.5, 0.6) is 0 Å². The predicted octanol–water partition coefficient (Wildman–Crippen LogP) is 5.14. The highest BCUT2D eigenvalue weighted by Crippen LogP contribution is 2.45. The summed E-state index contributed by atoms with van der Waals surface area (Å²) in [5, 5.41) is 14.1. The topological polar surface area (TPSA) is 64.5 Å². The highest BCUT2D eigenvalue weighted by Gasteiger charge is 2.40. The number of hydrogen-bond acceptors (Lipinski definition) is 6. The number of hydrogen-bond donors (Lipinski definition) is 2. The first-order chi connectivity index (χ1) is 16.4. The molecule has 7 heteroatoms. The average Bonchev–Trinajstić information content (AvgIpc) is 3.13. The molecule has 0 saturated heterocycles. The van der Waals surface area contributed by atoms with Crippen molar-refractivity contribution in [3.63, 3.8) is 0 Å². The van der Waals surface area contributed by atoms with E-state index in [9.17, 15) is 5.11 Å². The first kappa shape index (κ1) is 21.8. The van der Waals surface area contributed by atoms with E-state index in [1.165, 1.54) is 24.0 Å². The van der Waals surface area contributed by atoms with Crippen molar-refractivity contribution in [1.29, 1.82) is 0 Å². The van der Waals surface area contributed by atoms with Crippen LogP contribution < -0.4 is 10.2 Å². The van der Waals surface area contributed by atoms with E-state index in [1.807, 2.05) is 12.1 Å². The van der Waals surface area contributed by atoms with Gasteiger partial charge < -0.3 is 20.2 Å². The maximum Gasteiger partial charge on any atom is 0.229 e. The zero-order chi connectivity index (χ0) is 23.4. The lowest BCUT2D eigenvalue weighted by Crippen LogP contribution is -2.33. The molecular formula is C27H30ClN5O. The van der Waals surface area contributed by atoms with Crippen LogP contribution in [0.4, 0.5) is 23.1 Å². The molecule has 34 heavy (non-hydrogen) atoms. The Morgan fingerprint density at radius 1 is 1.24 bits per heavy atom. The van der Waals surface area contributed by atoms with Crippen molar-refractivity contribution in [2.24, 2.45) is 0 Å². The summed E-state index contributed by atoms with van der Waals surface area (Å²) in [7, 11) is 2.21. The number of nitrogens with one attached hydrogen (secondary N) is 1. The Morgan fingerprint density at radius 2 is 2.06 bits per heavy atom. The van der Waals surface area contributed by atoms with Crippen molar-refractivity contribution < 1.29 is 5.11 Å². The third-order valence-electron chi connectivity index (χ3n) is 7.67. The van der Waals surface area contributed by atoms with Crippen LogP contribution in [0, 0.1) is 0 Å². The van der Waals surface area contributed by atoms with E-state index in [0.29, 0.717) is 29.3 Å². The molecule has 6 nitrogen and oxygen atoms in total. The number of halogens is 1. The molecule has 2 aromatic carbocycles. The molecule has 176 valence electrons. The van der Waals surface area contributed by atoms with Crippen LogP contribution >= 0.6 is 11.6 Å². The lowest BCUT2D eigenvalue weighted by molar-refractivity contribution is 0.216. The summed E-state index contributed by atoms with van der Waals surface area (Å²) in [5.41, 5.74) is 7.24. The minimum atomic E-state index is -0.373. The SMILES string of the molecule is CN1Cc2cc(Nc3ncc(Cl)c(N4CC(C)(CO)c5ccccc54)n3)cc3c2C(CCC3)C1. The van der Waals surface area contributed by atoms with Crippen LogP contribution in [-0.2, 0) is 18.4 Å². The molecule has 0 spiro atoms. The number of para-hydroxylation sites is 1. The fourth-order valence-electron chi connectivity index (χ4n) is 6.11. The van der Waals surface area contributed by atoms with Crippen LogP contribution in [0.3, 0.4) is 0 Å². The van der Waals surface area contributed by atoms with Crippen molar-refractivity contribution in [2.75, 3.05) is 37.0 Å². The molecule has 3 heterocycles. The Bertz CT molecular complexity index is 1260. The molecule has 0 bridgehead atoms. The molecule has 3 aliphatic rings. The van der Waals surface area contributed by atoms with Gasteiger partial charge >= 0.3 is 0 Å². The first-order valence-corrected chi connectivity index (χ1v) is 12.4. The van der Waals surface area contributed by atoms with E-state index >= 15 is 0 Å². The van der Waals surface area contributed by atoms with Gasteiger partial charge in [0.05, 0.1) is 12.8 Å². The van der Waals surface area contributed by atoms with E-state index in [0.717, 1.165) is 36.4 Å². The Balaban J connectivity index is 1.35. The maximum atomic E-state index is 10.1. The second-order valence-electron chi connectivity index (χ2n) is 10.3. The van der Waals surface area contributed by atoms with Crippen molar-refractivity contribution >= 4 is 34.7 Å². The molecule has 1 aromatic heterocycles. The van der Waals surface area contributed by atoms with Gasteiger partial charge in [-0.25, -0.2) is 4.98 Å². The molecule has 0 saturated carbocycles. The monoisotopic (exact) mass is 475 g/mol. The number of aliphatic hydroxyl groups excluding tert-OH is 1. The largest absolute Gasteiger partial charge is 0.395 e. The number of benzene rings is 2. The summed E-state index contributed by atoms with van der Waals surface area (Å²) in [4.78, 5) is 13.8. The Labute approximate surface area is 205 Å². The van der Waals surface area contributed by atoms with Gasteiger partial charge in [0, 0.05) is 36.4 Å². The molecule has 1 aliphatic carbocycles. The number of rotatable bonds is 4. The molecular weight excluding hydrogens is 446 g/mol. The van der Waals surface area contributed by atoms with Gasteiger partial charge in [0.15, 0.2) is 5.82 Å². The van der Waals surface area contributed by atoms with Gasteiger partial charge in [-0.3, -0.25) is 0 Å². The number of likely N-dealkylation sites (N-methyl/N-ethyl adjacent to an activating group) is 1.